The SMILES string of the molecule is C=CCOCc1cncc2c1CCN(Cc1ccc(C)o1)C2.O=C(O)C(F)(F)F.O=C(O)C(F)(F)F. The Balaban J connectivity index is 0.000000383. The maximum Gasteiger partial charge on any atom is 0.490 e. The van der Waals surface area contributed by atoms with E-state index in [0.29, 0.717) is 13.2 Å². The van der Waals surface area contributed by atoms with Crippen molar-refractivity contribution in [2.24, 2.45) is 0 Å². The maximum atomic E-state index is 10.6. The molecule has 1 aliphatic rings. The Morgan fingerprint density at radius 3 is 2.19 bits per heavy atom. The van der Waals surface area contributed by atoms with Gasteiger partial charge in [-0.15, -0.1) is 6.58 Å². The van der Waals surface area contributed by atoms with Crippen molar-refractivity contribution < 1.29 is 55.3 Å². The number of aliphatic carboxylic acids is 2. The lowest BCUT2D eigenvalue weighted by atomic mass is 9.97. The smallest absolute Gasteiger partial charge is 0.475 e. The number of furan rings is 1. The van der Waals surface area contributed by atoms with E-state index in [9.17, 15) is 26.3 Å². The molecule has 0 radical (unpaired) electrons. The molecule has 0 saturated heterocycles. The van der Waals surface area contributed by atoms with Crippen molar-refractivity contribution in [1.29, 1.82) is 0 Å². The summed E-state index contributed by atoms with van der Waals surface area (Å²) in [6.45, 7) is 9.64. The van der Waals surface area contributed by atoms with E-state index >= 15 is 0 Å². The quantitative estimate of drug-likeness (QED) is 0.321. The van der Waals surface area contributed by atoms with Crippen LogP contribution in [0.2, 0.25) is 0 Å². The molecule has 2 N–H and O–H groups in total. The van der Waals surface area contributed by atoms with Crippen LogP contribution in [0.4, 0.5) is 26.3 Å². The number of pyridine rings is 1. The van der Waals surface area contributed by atoms with Crippen LogP contribution in [0.3, 0.4) is 0 Å². The van der Waals surface area contributed by atoms with Gasteiger partial charge >= 0.3 is 24.3 Å². The number of rotatable bonds is 6. The monoisotopic (exact) mass is 526 g/mol. The summed E-state index contributed by atoms with van der Waals surface area (Å²) in [6.07, 6.45) is -3.46. The number of halogens is 6. The minimum Gasteiger partial charge on any atom is -0.475 e. The van der Waals surface area contributed by atoms with Crippen LogP contribution in [-0.4, -0.2) is 57.5 Å². The fourth-order valence-corrected chi connectivity index (χ4v) is 2.93. The third-order valence-corrected chi connectivity index (χ3v) is 4.46. The highest BCUT2D eigenvalue weighted by Crippen LogP contribution is 2.24. The normalized spacial score (nSPS) is 13.4. The van der Waals surface area contributed by atoms with Crippen molar-refractivity contribution in [3.8, 4) is 0 Å². The van der Waals surface area contributed by atoms with Gasteiger partial charge in [0.15, 0.2) is 0 Å². The number of aromatic nitrogens is 1. The van der Waals surface area contributed by atoms with Crippen molar-refractivity contribution in [3.63, 3.8) is 0 Å². The molecule has 0 fully saturated rings. The zero-order valence-electron chi connectivity index (χ0n) is 19.0. The number of nitrogens with zero attached hydrogens (tertiary/aromatic N) is 2. The number of ether oxygens (including phenoxy) is 1. The highest BCUT2D eigenvalue weighted by atomic mass is 19.4. The molecule has 0 spiro atoms. The minimum absolute atomic E-state index is 0.577. The Hall–Kier alpha value is -3.39. The highest BCUT2D eigenvalue weighted by molar-refractivity contribution is 5.73. The van der Waals surface area contributed by atoms with Crippen LogP contribution in [0.15, 0.2) is 41.6 Å². The van der Waals surface area contributed by atoms with E-state index in [1.54, 1.807) is 6.08 Å². The molecule has 200 valence electrons. The fraction of sp³-hybridized carbons (Fsp3) is 0.409. The molecule has 0 aromatic carbocycles. The van der Waals surface area contributed by atoms with Crippen LogP contribution in [0.1, 0.15) is 28.2 Å². The second-order valence-electron chi connectivity index (χ2n) is 7.32. The molecule has 14 heteroatoms. The van der Waals surface area contributed by atoms with E-state index in [2.05, 4.69) is 22.5 Å². The highest BCUT2D eigenvalue weighted by Gasteiger charge is 2.38. The Bertz CT molecular complexity index is 995. The number of carboxylic acid groups (broad SMARTS) is 2. The van der Waals surface area contributed by atoms with Gasteiger partial charge in [-0.3, -0.25) is 9.88 Å². The van der Waals surface area contributed by atoms with E-state index in [4.69, 9.17) is 29.0 Å². The number of carbonyl (C=O) groups is 2. The van der Waals surface area contributed by atoms with Gasteiger partial charge in [-0.2, -0.15) is 26.3 Å². The molecule has 2 aromatic rings. The van der Waals surface area contributed by atoms with Crippen LogP contribution < -0.4 is 0 Å². The second-order valence-corrected chi connectivity index (χ2v) is 7.32. The maximum absolute atomic E-state index is 10.6. The summed E-state index contributed by atoms with van der Waals surface area (Å²) in [5, 5.41) is 14.2. The van der Waals surface area contributed by atoms with E-state index in [1.165, 1.54) is 16.7 Å². The summed E-state index contributed by atoms with van der Waals surface area (Å²) in [6, 6.07) is 4.08. The van der Waals surface area contributed by atoms with E-state index in [1.807, 2.05) is 25.4 Å². The molecule has 0 saturated carbocycles. The zero-order chi connectivity index (χ0) is 27.5. The van der Waals surface area contributed by atoms with Crippen LogP contribution in [0, 0.1) is 6.92 Å². The second kappa shape index (κ2) is 13.6. The first-order valence-electron chi connectivity index (χ1n) is 10.2. The molecule has 8 nitrogen and oxygen atoms in total. The third-order valence-electron chi connectivity index (χ3n) is 4.46. The Kier molecular flexibility index (Phi) is 11.6. The standard InChI is InChI=1S/C18H22N2O2.2C2HF3O2/c1-3-8-21-13-16-10-19-9-15-11-20(7-6-18(15)16)12-17-5-4-14(2)22-17;2*3-2(4,5)1(6)7/h3-5,9-10H,1,6-8,11-13H2,2H3;2*(H,6,7). The molecule has 0 amide bonds. The molecule has 0 aliphatic carbocycles. The number of hydrogen-bond donors (Lipinski definition) is 2. The van der Waals surface area contributed by atoms with Gasteiger partial charge in [0.1, 0.15) is 11.5 Å². The molecule has 0 bridgehead atoms. The van der Waals surface area contributed by atoms with Crippen molar-refractivity contribution >= 4 is 11.9 Å². The Morgan fingerprint density at radius 1 is 1.14 bits per heavy atom. The minimum atomic E-state index is -5.08. The topological polar surface area (TPSA) is 113 Å². The van der Waals surface area contributed by atoms with Gasteiger partial charge in [0, 0.05) is 25.5 Å². The molecule has 3 heterocycles. The molecule has 0 atom stereocenters. The van der Waals surface area contributed by atoms with Crippen molar-refractivity contribution in [2.45, 2.75) is 45.4 Å². The van der Waals surface area contributed by atoms with Gasteiger partial charge in [-0.1, -0.05) is 6.08 Å². The largest absolute Gasteiger partial charge is 0.490 e. The number of aryl methyl sites for hydroxylation is 1. The molecular weight excluding hydrogens is 502 g/mol. The van der Waals surface area contributed by atoms with Crippen LogP contribution >= 0.6 is 0 Å². The first-order valence-corrected chi connectivity index (χ1v) is 10.2. The lowest BCUT2D eigenvalue weighted by Gasteiger charge is -2.29. The predicted octanol–water partition coefficient (Wildman–Crippen LogP) is 4.51. The lowest BCUT2D eigenvalue weighted by molar-refractivity contribution is -0.193. The van der Waals surface area contributed by atoms with Gasteiger partial charge in [-0.05, 0) is 42.2 Å². The van der Waals surface area contributed by atoms with E-state index in [0.717, 1.165) is 37.6 Å². The Labute approximate surface area is 201 Å². The fourth-order valence-electron chi connectivity index (χ4n) is 2.93. The van der Waals surface area contributed by atoms with Crippen molar-refractivity contribution in [3.05, 3.63) is 65.4 Å². The summed E-state index contributed by atoms with van der Waals surface area (Å²) in [4.78, 5) is 24.6. The predicted molar refractivity (Wildman–Crippen MR) is 113 cm³/mol. The Morgan fingerprint density at radius 2 is 1.72 bits per heavy atom. The summed E-state index contributed by atoms with van der Waals surface area (Å²) in [5.74, 6) is -3.52. The van der Waals surface area contributed by atoms with Crippen molar-refractivity contribution in [1.82, 2.24) is 9.88 Å². The number of fused-ring (bicyclic) bond motifs is 1. The molecular formula is C22H24F6N2O6. The average molecular weight is 526 g/mol. The third kappa shape index (κ3) is 10.9. The van der Waals surface area contributed by atoms with E-state index in [-0.39, 0.29) is 0 Å². The molecule has 0 unspecified atom stereocenters. The van der Waals surface area contributed by atoms with Crippen LogP contribution in [-0.2, 0) is 40.4 Å². The van der Waals surface area contributed by atoms with Gasteiger partial charge < -0.3 is 19.4 Å². The lowest BCUT2D eigenvalue weighted by Crippen LogP contribution is -2.30. The van der Waals surface area contributed by atoms with Gasteiger partial charge in [0.25, 0.3) is 0 Å². The summed E-state index contributed by atoms with van der Waals surface area (Å²) in [5.41, 5.74) is 3.90. The van der Waals surface area contributed by atoms with Crippen LogP contribution in [0.25, 0.3) is 0 Å². The average Bonchev–Trinajstić information content (AvgIpc) is 3.18. The summed E-state index contributed by atoms with van der Waals surface area (Å²) >= 11 is 0. The molecule has 1 aliphatic heterocycles. The molecule has 36 heavy (non-hydrogen) atoms. The van der Waals surface area contributed by atoms with Gasteiger partial charge in [-0.25, -0.2) is 9.59 Å². The van der Waals surface area contributed by atoms with Gasteiger partial charge in [0.05, 0.1) is 19.8 Å². The zero-order valence-corrected chi connectivity index (χ0v) is 19.0. The number of carboxylic acids is 2. The number of hydrogen-bond acceptors (Lipinski definition) is 6. The molecule has 3 rings (SSSR count). The first-order chi connectivity index (χ1) is 16.6. The molecule has 2 aromatic heterocycles. The van der Waals surface area contributed by atoms with Gasteiger partial charge in [0.2, 0.25) is 0 Å². The number of alkyl halides is 6. The first kappa shape index (κ1) is 30.6. The summed E-state index contributed by atoms with van der Waals surface area (Å²) < 4.78 is 74.7. The van der Waals surface area contributed by atoms with Crippen molar-refractivity contribution in [2.75, 3.05) is 13.2 Å². The summed E-state index contributed by atoms with van der Waals surface area (Å²) in [7, 11) is 0. The van der Waals surface area contributed by atoms with Crippen LogP contribution in [0.5, 0.6) is 0 Å². The van der Waals surface area contributed by atoms with E-state index < -0.39 is 24.3 Å².